The lowest BCUT2D eigenvalue weighted by Gasteiger charge is -2.13. The Morgan fingerprint density at radius 1 is 1.47 bits per heavy atom. The summed E-state index contributed by atoms with van der Waals surface area (Å²) in [6.07, 6.45) is 2.64. The fourth-order valence-electron chi connectivity index (χ4n) is 1.57. The highest BCUT2D eigenvalue weighted by Crippen LogP contribution is 2.12. The highest BCUT2D eigenvalue weighted by Gasteiger charge is 2.05. The lowest BCUT2D eigenvalue weighted by molar-refractivity contribution is 0.786. The van der Waals surface area contributed by atoms with Gasteiger partial charge in [0.2, 0.25) is 5.95 Å². The van der Waals surface area contributed by atoms with E-state index in [0.29, 0.717) is 12.0 Å². The minimum absolute atomic E-state index is 0.310. The third kappa shape index (κ3) is 3.40. The molecule has 2 heterocycles. The van der Waals surface area contributed by atoms with Crippen LogP contribution >= 0.6 is 11.3 Å². The zero-order valence-electron chi connectivity index (χ0n) is 9.55. The van der Waals surface area contributed by atoms with Gasteiger partial charge >= 0.3 is 0 Å². The van der Waals surface area contributed by atoms with Crippen molar-refractivity contribution in [1.82, 2.24) is 9.97 Å². The molecule has 0 radical (unpaired) electrons. The fourth-order valence-corrected chi connectivity index (χ4v) is 2.26. The molecule has 1 unspecified atom stereocenters. The van der Waals surface area contributed by atoms with E-state index in [-0.39, 0.29) is 0 Å². The van der Waals surface area contributed by atoms with Crippen LogP contribution in [-0.2, 0) is 6.42 Å². The van der Waals surface area contributed by atoms with Crippen LogP contribution in [0.4, 0.5) is 11.8 Å². The number of nitrogen functional groups attached to an aromatic ring is 1. The molecule has 2 aromatic heterocycles. The van der Waals surface area contributed by atoms with E-state index in [1.54, 1.807) is 17.5 Å². The first-order chi connectivity index (χ1) is 8.28. The molecule has 17 heavy (non-hydrogen) atoms. The number of nitrogens with zero attached hydrogens (tertiary/aromatic N) is 2. The highest BCUT2D eigenvalue weighted by molar-refractivity contribution is 7.07. The summed E-state index contributed by atoms with van der Waals surface area (Å²) in [4.78, 5) is 8.16. The Bertz CT molecular complexity index is 457. The predicted molar refractivity (Wildman–Crippen MR) is 70.9 cm³/mol. The lowest BCUT2D eigenvalue weighted by atomic mass is 10.1. The standard InChI is InChI=1S/C11H15N5S/c1-8(6-9-3-5-17-7-9)14-10-2-4-13-11(15-10)16-12/h2-5,7-8H,6,12H2,1H3,(H2,13,14,15,16). The van der Waals surface area contributed by atoms with Crippen LogP contribution in [0.5, 0.6) is 0 Å². The van der Waals surface area contributed by atoms with Gasteiger partial charge in [0.05, 0.1) is 0 Å². The van der Waals surface area contributed by atoms with Crippen molar-refractivity contribution in [2.75, 3.05) is 10.7 Å². The van der Waals surface area contributed by atoms with Crippen molar-refractivity contribution >= 4 is 23.1 Å². The van der Waals surface area contributed by atoms with E-state index in [1.807, 2.05) is 6.07 Å². The molecule has 0 amide bonds. The first-order valence-corrected chi connectivity index (χ1v) is 6.29. The number of hydrogen-bond donors (Lipinski definition) is 3. The van der Waals surface area contributed by atoms with Gasteiger partial charge in [0, 0.05) is 12.2 Å². The van der Waals surface area contributed by atoms with Gasteiger partial charge in [0.1, 0.15) is 5.82 Å². The summed E-state index contributed by atoms with van der Waals surface area (Å²) in [5, 5.41) is 7.56. The van der Waals surface area contributed by atoms with Crippen LogP contribution in [0, 0.1) is 0 Å². The number of thiophene rings is 1. The van der Waals surface area contributed by atoms with Crippen molar-refractivity contribution in [2.45, 2.75) is 19.4 Å². The van der Waals surface area contributed by atoms with Crippen LogP contribution in [-0.4, -0.2) is 16.0 Å². The van der Waals surface area contributed by atoms with Crippen LogP contribution in [0.3, 0.4) is 0 Å². The quantitative estimate of drug-likeness (QED) is 0.557. The fraction of sp³-hybridized carbons (Fsp3) is 0.273. The molecular weight excluding hydrogens is 234 g/mol. The number of aromatic nitrogens is 2. The third-order valence-corrected chi connectivity index (χ3v) is 3.03. The molecule has 6 heteroatoms. The monoisotopic (exact) mass is 249 g/mol. The van der Waals surface area contributed by atoms with Crippen LogP contribution < -0.4 is 16.6 Å². The Balaban J connectivity index is 1.95. The predicted octanol–water partition coefficient (Wildman–Crippen LogP) is 1.87. The van der Waals surface area contributed by atoms with E-state index >= 15 is 0 Å². The number of hydrogen-bond acceptors (Lipinski definition) is 6. The second-order valence-corrected chi connectivity index (χ2v) is 4.57. The first-order valence-electron chi connectivity index (χ1n) is 5.35. The SMILES string of the molecule is CC(Cc1ccsc1)Nc1ccnc(NN)n1. The van der Waals surface area contributed by atoms with Crippen molar-refractivity contribution in [3.63, 3.8) is 0 Å². The van der Waals surface area contributed by atoms with E-state index in [2.05, 4.69) is 44.5 Å². The minimum Gasteiger partial charge on any atom is -0.367 e. The van der Waals surface area contributed by atoms with Gasteiger partial charge in [-0.2, -0.15) is 16.3 Å². The van der Waals surface area contributed by atoms with Crippen molar-refractivity contribution in [3.05, 3.63) is 34.7 Å². The second-order valence-electron chi connectivity index (χ2n) is 3.79. The maximum atomic E-state index is 5.26. The number of nitrogens with one attached hydrogen (secondary N) is 2. The number of hydrazine groups is 1. The van der Waals surface area contributed by atoms with Gasteiger partial charge in [-0.15, -0.1) is 0 Å². The van der Waals surface area contributed by atoms with Gasteiger partial charge in [0.25, 0.3) is 0 Å². The molecule has 0 spiro atoms. The van der Waals surface area contributed by atoms with Crippen molar-refractivity contribution < 1.29 is 0 Å². The Morgan fingerprint density at radius 2 is 2.35 bits per heavy atom. The summed E-state index contributed by atoms with van der Waals surface area (Å²) < 4.78 is 0. The summed E-state index contributed by atoms with van der Waals surface area (Å²) in [5.74, 6) is 6.45. The molecule has 4 N–H and O–H groups in total. The van der Waals surface area contributed by atoms with Crippen molar-refractivity contribution in [1.29, 1.82) is 0 Å². The molecule has 5 nitrogen and oxygen atoms in total. The van der Waals surface area contributed by atoms with E-state index < -0.39 is 0 Å². The van der Waals surface area contributed by atoms with E-state index in [1.165, 1.54) is 5.56 Å². The number of nitrogens with two attached hydrogens (primary N) is 1. The average molecular weight is 249 g/mol. The molecule has 0 fully saturated rings. The molecule has 0 bridgehead atoms. The zero-order chi connectivity index (χ0) is 12.1. The first kappa shape index (κ1) is 11.8. The Morgan fingerprint density at radius 3 is 3.06 bits per heavy atom. The van der Waals surface area contributed by atoms with Crippen LogP contribution in [0.1, 0.15) is 12.5 Å². The van der Waals surface area contributed by atoms with Crippen molar-refractivity contribution in [3.8, 4) is 0 Å². The summed E-state index contributed by atoms with van der Waals surface area (Å²) in [6, 6.07) is 4.27. The van der Waals surface area contributed by atoms with Gasteiger partial charge in [0.15, 0.2) is 0 Å². The topological polar surface area (TPSA) is 75.9 Å². The smallest absolute Gasteiger partial charge is 0.239 e. The van der Waals surface area contributed by atoms with Crippen LogP contribution in [0.15, 0.2) is 29.1 Å². The van der Waals surface area contributed by atoms with Crippen LogP contribution in [0.2, 0.25) is 0 Å². The maximum Gasteiger partial charge on any atom is 0.239 e. The molecule has 90 valence electrons. The van der Waals surface area contributed by atoms with Gasteiger partial charge in [-0.05, 0) is 41.8 Å². The summed E-state index contributed by atoms with van der Waals surface area (Å²) in [7, 11) is 0. The Hall–Kier alpha value is -1.66. The van der Waals surface area contributed by atoms with E-state index in [0.717, 1.165) is 12.2 Å². The third-order valence-electron chi connectivity index (χ3n) is 2.30. The Kier molecular flexibility index (Phi) is 3.89. The lowest BCUT2D eigenvalue weighted by Crippen LogP contribution is -2.19. The maximum absolute atomic E-state index is 5.26. The average Bonchev–Trinajstić information content (AvgIpc) is 2.82. The molecular formula is C11H15N5S. The second kappa shape index (κ2) is 5.60. The minimum atomic E-state index is 0.310. The molecule has 2 rings (SSSR count). The molecule has 1 atom stereocenters. The number of rotatable bonds is 5. The van der Waals surface area contributed by atoms with Gasteiger partial charge in [-0.3, -0.25) is 5.43 Å². The van der Waals surface area contributed by atoms with E-state index in [9.17, 15) is 0 Å². The highest BCUT2D eigenvalue weighted by atomic mass is 32.1. The molecule has 0 aliphatic rings. The summed E-state index contributed by atoms with van der Waals surface area (Å²) in [6.45, 7) is 2.12. The molecule has 0 saturated carbocycles. The number of anilines is 2. The molecule has 2 aromatic rings. The summed E-state index contributed by atoms with van der Waals surface area (Å²) in [5.41, 5.74) is 3.76. The molecule has 0 saturated heterocycles. The molecule has 0 aliphatic carbocycles. The Labute approximate surface area is 104 Å². The van der Waals surface area contributed by atoms with Crippen molar-refractivity contribution in [2.24, 2.45) is 5.84 Å². The molecule has 0 aromatic carbocycles. The zero-order valence-corrected chi connectivity index (χ0v) is 10.4. The van der Waals surface area contributed by atoms with Gasteiger partial charge < -0.3 is 5.32 Å². The molecule has 0 aliphatic heterocycles. The van der Waals surface area contributed by atoms with Gasteiger partial charge in [-0.25, -0.2) is 10.8 Å². The van der Waals surface area contributed by atoms with Gasteiger partial charge in [-0.1, -0.05) is 0 Å². The van der Waals surface area contributed by atoms with Crippen LogP contribution in [0.25, 0.3) is 0 Å². The normalized spacial score (nSPS) is 12.1. The summed E-state index contributed by atoms with van der Waals surface area (Å²) >= 11 is 1.71. The largest absolute Gasteiger partial charge is 0.367 e. The van der Waals surface area contributed by atoms with E-state index in [4.69, 9.17) is 5.84 Å².